The lowest BCUT2D eigenvalue weighted by Gasteiger charge is -2.27. The Morgan fingerprint density at radius 3 is 2.54 bits per heavy atom. The Morgan fingerprint density at radius 1 is 1.54 bits per heavy atom. The summed E-state index contributed by atoms with van der Waals surface area (Å²) in [5.41, 5.74) is 0. The highest BCUT2D eigenvalue weighted by Crippen LogP contribution is 2.23. The Hall–Kier alpha value is -0.240. The lowest BCUT2D eigenvalue weighted by atomic mass is 10.1. The number of likely N-dealkylation sites (tertiary alicyclic amines) is 1. The van der Waals surface area contributed by atoms with E-state index < -0.39 is 0 Å². The zero-order chi connectivity index (χ0) is 10.0. The Kier molecular flexibility index (Phi) is 3.60. The Labute approximate surface area is 85.2 Å². The molecule has 2 atom stereocenters. The van der Waals surface area contributed by atoms with Gasteiger partial charge in [0.2, 0.25) is 5.91 Å². The van der Waals surface area contributed by atoms with Crippen molar-refractivity contribution in [2.45, 2.75) is 33.2 Å². The van der Waals surface area contributed by atoms with Crippen LogP contribution < -0.4 is 0 Å². The van der Waals surface area contributed by atoms with Gasteiger partial charge in [0.15, 0.2) is 0 Å². The normalized spacial score (nSPS) is 25.8. The van der Waals surface area contributed by atoms with E-state index in [1.165, 1.54) is 0 Å². The standard InChI is InChI=1S/C10H18ClNO/c1-7(2)8(3)12-6-9(5-11)4-10(12)13/h7-9H,4-6H2,1-3H3. The molecule has 1 fully saturated rings. The second-order valence-corrected chi connectivity index (χ2v) is 4.56. The van der Waals surface area contributed by atoms with Gasteiger partial charge >= 0.3 is 0 Å². The summed E-state index contributed by atoms with van der Waals surface area (Å²) in [5.74, 6) is 1.77. The minimum atomic E-state index is 0.270. The third-order valence-corrected chi connectivity index (χ3v) is 3.35. The van der Waals surface area contributed by atoms with Crippen LogP contribution in [0.3, 0.4) is 0 Å². The topological polar surface area (TPSA) is 20.3 Å². The second-order valence-electron chi connectivity index (χ2n) is 4.26. The molecular weight excluding hydrogens is 186 g/mol. The van der Waals surface area contributed by atoms with Crippen molar-refractivity contribution in [2.75, 3.05) is 12.4 Å². The number of alkyl halides is 1. The van der Waals surface area contributed by atoms with E-state index in [1.54, 1.807) is 0 Å². The maximum Gasteiger partial charge on any atom is 0.223 e. The van der Waals surface area contributed by atoms with Gasteiger partial charge in [0.05, 0.1) is 0 Å². The van der Waals surface area contributed by atoms with Crippen LogP contribution in [0.1, 0.15) is 27.2 Å². The summed E-state index contributed by atoms with van der Waals surface area (Å²) in [5, 5.41) is 0. The molecule has 2 unspecified atom stereocenters. The summed E-state index contributed by atoms with van der Waals surface area (Å²) in [4.78, 5) is 13.5. The third kappa shape index (κ3) is 2.37. The largest absolute Gasteiger partial charge is 0.339 e. The maximum absolute atomic E-state index is 11.6. The number of carbonyl (C=O) groups excluding carboxylic acids is 1. The molecule has 0 aromatic heterocycles. The number of hydrogen-bond acceptors (Lipinski definition) is 1. The van der Waals surface area contributed by atoms with Gasteiger partial charge < -0.3 is 4.90 Å². The highest BCUT2D eigenvalue weighted by molar-refractivity contribution is 6.18. The first-order valence-electron chi connectivity index (χ1n) is 4.91. The summed E-state index contributed by atoms with van der Waals surface area (Å²) < 4.78 is 0. The van der Waals surface area contributed by atoms with E-state index in [4.69, 9.17) is 11.6 Å². The van der Waals surface area contributed by atoms with Gasteiger partial charge in [-0.2, -0.15) is 0 Å². The molecule has 1 heterocycles. The van der Waals surface area contributed by atoms with Crippen molar-refractivity contribution in [3.63, 3.8) is 0 Å². The summed E-state index contributed by atoms with van der Waals surface area (Å²) in [7, 11) is 0. The third-order valence-electron chi connectivity index (χ3n) is 2.91. The number of hydrogen-bond donors (Lipinski definition) is 0. The molecule has 3 heteroatoms. The number of carbonyl (C=O) groups is 1. The van der Waals surface area contributed by atoms with Crippen LogP contribution in [0, 0.1) is 11.8 Å². The monoisotopic (exact) mass is 203 g/mol. The molecule has 1 aliphatic rings. The SMILES string of the molecule is CC(C)C(C)N1CC(CCl)CC1=O. The molecular formula is C10H18ClNO. The van der Waals surface area contributed by atoms with Crippen LogP contribution in [0.15, 0.2) is 0 Å². The van der Waals surface area contributed by atoms with Crippen LogP contribution in [0.2, 0.25) is 0 Å². The van der Waals surface area contributed by atoms with Crippen LogP contribution in [-0.2, 0) is 4.79 Å². The number of rotatable bonds is 3. The molecule has 0 saturated carbocycles. The van der Waals surface area contributed by atoms with Crippen molar-refractivity contribution in [3.8, 4) is 0 Å². The molecule has 0 aliphatic carbocycles. The lowest BCUT2D eigenvalue weighted by Crippen LogP contribution is -2.37. The van der Waals surface area contributed by atoms with Crippen molar-refractivity contribution in [1.82, 2.24) is 4.90 Å². The zero-order valence-electron chi connectivity index (χ0n) is 8.59. The van der Waals surface area contributed by atoms with Crippen molar-refractivity contribution >= 4 is 17.5 Å². The fraction of sp³-hybridized carbons (Fsp3) is 0.900. The van der Waals surface area contributed by atoms with E-state index in [1.807, 2.05) is 4.90 Å². The molecule has 0 bridgehead atoms. The molecule has 76 valence electrons. The van der Waals surface area contributed by atoms with Crippen molar-refractivity contribution in [2.24, 2.45) is 11.8 Å². The minimum Gasteiger partial charge on any atom is -0.339 e. The second kappa shape index (κ2) is 4.32. The van der Waals surface area contributed by atoms with Gasteiger partial charge in [-0.25, -0.2) is 0 Å². The molecule has 1 aliphatic heterocycles. The minimum absolute atomic E-state index is 0.270. The van der Waals surface area contributed by atoms with E-state index in [-0.39, 0.29) is 5.91 Å². The number of amides is 1. The molecule has 0 aromatic rings. The fourth-order valence-corrected chi connectivity index (χ4v) is 1.87. The van der Waals surface area contributed by atoms with Gasteiger partial charge in [-0.15, -0.1) is 11.6 Å². The van der Waals surface area contributed by atoms with Crippen LogP contribution in [-0.4, -0.2) is 29.3 Å². The Morgan fingerprint density at radius 2 is 2.15 bits per heavy atom. The van der Waals surface area contributed by atoms with E-state index in [9.17, 15) is 4.79 Å². The highest BCUT2D eigenvalue weighted by Gasteiger charge is 2.32. The van der Waals surface area contributed by atoms with Crippen LogP contribution in [0.25, 0.3) is 0 Å². The average molecular weight is 204 g/mol. The van der Waals surface area contributed by atoms with Gasteiger partial charge in [0, 0.05) is 24.9 Å². The summed E-state index contributed by atoms with van der Waals surface area (Å²) in [6.07, 6.45) is 0.639. The van der Waals surface area contributed by atoms with Crippen molar-refractivity contribution in [1.29, 1.82) is 0 Å². The number of halogens is 1. The lowest BCUT2D eigenvalue weighted by molar-refractivity contribution is -0.130. The van der Waals surface area contributed by atoms with Gasteiger partial charge in [-0.05, 0) is 18.8 Å². The molecule has 0 radical (unpaired) electrons. The van der Waals surface area contributed by atoms with E-state index >= 15 is 0 Å². The van der Waals surface area contributed by atoms with Crippen LogP contribution in [0.4, 0.5) is 0 Å². The highest BCUT2D eigenvalue weighted by atomic mass is 35.5. The van der Waals surface area contributed by atoms with Gasteiger partial charge in [-0.3, -0.25) is 4.79 Å². The number of nitrogens with zero attached hydrogens (tertiary/aromatic N) is 1. The van der Waals surface area contributed by atoms with Gasteiger partial charge in [-0.1, -0.05) is 13.8 Å². The van der Waals surface area contributed by atoms with E-state index in [0.717, 1.165) is 6.54 Å². The predicted molar refractivity (Wildman–Crippen MR) is 54.8 cm³/mol. The molecule has 13 heavy (non-hydrogen) atoms. The zero-order valence-corrected chi connectivity index (χ0v) is 9.34. The maximum atomic E-state index is 11.6. The van der Waals surface area contributed by atoms with Gasteiger partial charge in [0.25, 0.3) is 0 Å². The van der Waals surface area contributed by atoms with Crippen LogP contribution in [0.5, 0.6) is 0 Å². The summed E-state index contributed by atoms with van der Waals surface area (Å²) in [6, 6.07) is 0.348. The molecule has 2 nitrogen and oxygen atoms in total. The summed E-state index contributed by atoms with van der Waals surface area (Å²) >= 11 is 5.74. The molecule has 1 rings (SSSR count). The van der Waals surface area contributed by atoms with Crippen LogP contribution >= 0.6 is 11.6 Å². The molecule has 0 N–H and O–H groups in total. The first kappa shape index (κ1) is 10.8. The van der Waals surface area contributed by atoms with E-state index in [0.29, 0.717) is 30.2 Å². The van der Waals surface area contributed by atoms with Gasteiger partial charge in [0.1, 0.15) is 0 Å². The average Bonchev–Trinajstić information content (AvgIpc) is 2.45. The molecule has 0 spiro atoms. The first-order valence-corrected chi connectivity index (χ1v) is 5.45. The van der Waals surface area contributed by atoms with Crippen molar-refractivity contribution in [3.05, 3.63) is 0 Å². The van der Waals surface area contributed by atoms with Crippen molar-refractivity contribution < 1.29 is 4.79 Å². The molecule has 1 saturated heterocycles. The smallest absolute Gasteiger partial charge is 0.223 e. The molecule has 0 aromatic carbocycles. The quantitative estimate of drug-likeness (QED) is 0.644. The molecule has 1 amide bonds. The summed E-state index contributed by atoms with van der Waals surface area (Å²) in [6.45, 7) is 7.25. The fourth-order valence-electron chi connectivity index (χ4n) is 1.67. The Bertz CT molecular complexity index is 193. The first-order chi connectivity index (χ1) is 6.06. The Balaban J connectivity index is 2.57. The van der Waals surface area contributed by atoms with E-state index in [2.05, 4.69) is 20.8 Å². The predicted octanol–water partition coefficient (Wildman–Crippen LogP) is 2.12.